The van der Waals surface area contributed by atoms with Gasteiger partial charge in [0, 0.05) is 16.3 Å². The molecule has 0 heterocycles. The lowest BCUT2D eigenvalue weighted by Crippen LogP contribution is -2.18. The van der Waals surface area contributed by atoms with E-state index in [-0.39, 0.29) is 17.8 Å². The van der Waals surface area contributed by atoms with E-state index >= 15 is 0 Å². The van der Waals surface area contributed by atoms with Crippen molar-refractivity contribution >= 4 is 22.1 Å². The SMILES string of the molecule is NC(c1ccccc1)C(N=Cc1cc(Br)ccc1O)c1ccccc1. The summed E-state index contributed by atoms with van der Waals surface area (Å²) >= 11 is 3.42. The molecule has 0 saturated heterocycles. The Morgan fingerprint density at radius 1 is 0.880 bits per heavy atom. The molecule has 0 bridgehead atoms. The molecule has 0 radical (unpaired) electrons. The summed E-state index contributed by atoms with van der Waals surface area (Å²) in [5, 5.41) is 10.0. The standard InChI is InChI=1S/C21H19BrN2O/c22-18-11-12-19(25)17(13-18)14-24-21(16-9-5-2-6-10-16)20(23)15-7-3-1-4-8-15/h1-14,20-21,25H,23H2. The van der Waals surface area contributed by atoms with E-state index in [4.69, 9.17) is 10.7 Å². The van der Waals surface area contributed by atoms with E-state index in [1.807, 2.05) is 66.7 Å². The van der Waals surface area contributed by atoms with Crippen molar-refractivity contribution in [3.63, 3.8) is 0 Å². The first-order valence-electron chi connectivity index (χ1n) is 8.02. The molecule has 0 spiro atoms. The van der Waals surface area contributed by atoms with Gasteiger partial charge in [-0.3, -0.25) is 4.99 Å². The quantitative estimate of drug-likeness (QED) is 0.597. The Hall–Kier alpha value is -2.43. The molecule has 3 rings (SSSR count). The molecule has 3 N–H and O–H groups in total. The van der Waals surface area contributed by atoms with Crippen LogP contribution in [-0.4, -0.2) is 11.3 Å². The van der Waals surface area contributed by atoms with Crippen molar-refractivity contribution in [1.82, 2.24) is 0 Å². The molecule has 25 heavy (non-hydrogen) atoms. The maximum absolute atomic E-state index is 10.0. The average Bonchev–Trinajstić information content (AvgIpc) is 2.66. The summed E-state index contributed by atoms with van der Waals surface area (Å²) < 4.78 is 0.885. The Kier molecular flexibility index (Phi) is 5.64. The molecule has 3 aromatic carbocycles. The second-order valence-electron chi connectivity index (χ2n) is 5.77. The fourth-order valence-electron chi connectivity index (χ4n) is 2.68. The van der Waals surface area contributed by atoms with Gasteiger partial charge in [-0.1, -0.05) is 76.6 Å². The van der Waals surface area contributed by atoms with Crippen molar-refractivity contribution in [2.24, 2.45) is 10.7 Å². The summed E-state index contributed by atoms with van der Waals surface area (Å²) in [6.07, 6.45) is 1.68. The summed E-state index contributed by atoms with van der Waals surface area (Å²) in [6.45, 7) is 0. The fraction of sp³-hybridized carbons (Fsp3) is 0.0952. The van der Waals surface area contributed by atoms with E-state index in [2.05, 4.69) is 15.9 Å². The van der Waals surface area contributed by atoms with Gasteiger partial charge in [0.15, 0.2) is 0 Å². The van der Waals surface area contributed by atoms with Gasteiger partial charge in [0.25, 0.3) is 0 Å². The molecule has 3 aromatic rings. The molecular weight excluding hydrogens is 376 g/mol. The fourth-order valence-corrected chi connectivity index (χ4v) is 3.06. The van der Waals surface area contributed by atoms with Crippen LogP contribution in [0, 0.1) is 0 Å². The maximum Gasteiger partial charge on any atom is 0.124 e. The van der Waals surface area contributed by atoms with Gasteiger partial charge in [0.2, 0.25) is 0 Å². The van der Waals surface area contributed by atoms with Crippen LogP contribution >= 0.6 is 15.9 Å². The lowest BCUT2D eigenvalue weighted by atomic mass is 9.94. The normalized spacial score (nSPS) is 13.7. The molecule has 0 aromatic heterocycles. The molecule has 3 nitrogen and oxygen atoms in total. The summed E-state index contributed by atoms with van der Waals surface area (Å²) in [5.74, 6) is 0.187. The largest absolute Gasteiger partial charge is 0.507 e. The van der Waals surface area contributed by atoms with Crippen LogP contribution in [0.4, 0.5) is 0 Å². The average molecular weight is 395 g/mol. The zero-order valence-corrected chi connectivity index (χ0v) is 15.2. The first kappa shape index (κ1) is 17.4. The lowest BCUT2D eigenvalue weighted by Gasteiger charge is -2.21. The molecule has 126 valence electrons. The van der Waals surface area contributed by atoms with Gasteiger partial charge in [-0.05, 0) is 29.3 Å². The van der Waals surface area contributed by atoms with Crippen LogP contribution in [0.1, 0.15) is 28.8 Å². The van der Waals surface area contributed by atoms with Crippen LogP contribution in [0.15, 0.2) is 88.3 Å². The molecule has 4 heteroatoms. The van der Waals surface area contributed by atoms with Crippen molar-refractivity contribution in [2.75, 3.05) is 0 Å². The Labute approximate surface area is 156 Å². The summed E-state index contributed by atoms with van der Waals surface area (Å²) in [4.78, 5) is 4.71. The second kappa shape index (κ2) is 8.10. The lowest BCUT2D eigenvalue weighted by molar-refractivity contribution is 0.474. The number of nitrogens with zero attached hydrogens (tertiary/aromatic N) is 1. The second-order valence-corrected chi connectivity index (χ2v) is 6.69. The molecule has 2 atom stereocenters. The molecule has 0 amide bonds. The maximum atomic E-state index is 10.0. The van der Waals surface area contributed by atoms with Crippen LogP contribution in [0.2, 0.25) is 0 Å². The van der Waals surface area contributed by atoms with Gasteiger partial charge in [0.05, 0.1) is 12.1 Å². The molecule has 2 unspecified atom stereocenters. The van der Waals surface area contributed by atoms with Crippen LogP contribution in [0.5, 0.6) is 5.75 Å². The smallest absolute Gasteiger partial charge is 0.124 e. The van der Waals surface area contributed by atoms with Crippen molar-refractivity contribution in [3.05, 3.63) is 100 Å². The van der Waals surface area contributed by atoms with E-state index in [9.17, 15) is 5.11 Å². The molecule has 0 saturated carbocycles. The predicted octanol–water partition coefficient (Wildman–Crippen LogP) is 5.01. The summed E-state index contributed by atoms with van der Waals surface area (Å²) in [6, 6.07) is 24.6. The predicted molar refractivity (Wildman–Crippen MR) is 106 cm³/mol. The summed E-state index contributed by atoms with van der Waals surface area (Å²) in [5.41, 5.74) is 9.22. The highest BCUT2D eigenvalue weighted by molar-refractivity contribution is 9.10. The molecule has 0 aliphatic heterocycles. The number of hydrogen-bond acceptors (Lipinski definition) is 3. The highest BCUT2D eigenvalue weighted by Gasteiger charge is 2.20. The number of phenolic OH excluding ortho intramolecular Hbond substituents is 1. The topological polar surface area (TPSA) is 58.6 Å². The first-order chi connectivity index (χ1) is 12.1. The number of halogens is 1. The van der Waals surface area contributed by atoms with Gasteiger partial charge in [-0.15, -0.1) is 0 Å². The minimum atomic E-state index is -0.283. The molecular formula is C21H19BrN2O. The Morgan fingerprint density at radius 2 is 1.48 bits per heavy atom. The van der Waals surface area contributed by atoms with E-state index in [0.29, 0.717) is 5.56 Å². The summed E-state index contributed by atoms with van der Waals surface area (Å²) in [7, 11) is 0. The van der Waals surface area contributed by atoms with Gasteiger partial charge >= 0.3 is 0 Å². The Balaban J connectivity index is 1.97. The van der Waals surface area contributed by atoms with Crippen LogP contribution in [0.3, 0.4) is 0 Å². The van der Waals surface area contributed by atoms with Gasteiger partial charge in [-0.25, -0.2) is 0 Å². The Morgan fingerprint density at radius 3 is 2.12 bits per heavy atom. The van der Waals surface area contributed by atoms with Crippen molar-refractivity contribution in [3.8, 4) is 5.75 Å². The van der Waals surface area contributed by atoms with E-state index in [1.54, 1.807) is 18.3 Å². The van der Waals surface area contributed by atoms with Crippen molar-refractivity contribution in [2.45, 2.75) is 12.1 Å². The number of hydrogen-bond donors (Lipinski definition) is 2. The number of nitrogens with two attached hydrogens (primary N) is 1. The van der Waals surface area contributed by atoms with E-state index in [1.165, 1.54) is 0 Å². The van der Waals surface area contributed by atoms with Gasteiger partial charge < -0.3 is 10.8 Å². The monoisotopic (exact) mass is 394 g/mol. The van der Waals surface area contributed by atoms with E-state index < -0.39 is 0 Å². The number of rotatable bonds is 5. The number of phenols is 1. The Bertz CT molecular complexity index is 850. The molecule has 0 aliphatic carbocycles. The van der Waals surface area contributed by atoms with Gasteiger partial charge in [-0.2, -0.15) is 0 Å². The number of aromatic hydroxyl groups is 1. The van der Waals surface area contributed by atoms with Crippen LogP contribution in [-0.2, 0) is 0 Å². The van der Waals surface area contributed by atoms with Crippen molar-refractivity contribution in [1.29, 1.82) is 0 Å². The third-order valence-corrected chi connectivity index (χ3v) is 4.52. The highest BCUT2D eigenvalue weighted by Crippen LogP contribution is 2.31. The zero-order valence-electron chi connectivity index (χ0n) is 13.6. The third-order valence-electron chi connectivity index (χ3n) is 4.03. The van der Waals surface area contributed by atoms with Gasteiger partial charge in [0.1, 0.15) is 5.75 Å². The van der Waals surface area contributed by atoms with Crippen LogP contribution in [0.25, 0.3) is 0 Å². The third kappa shape index (κ3) is 4.35. The minimum Gasteiger partial charge on any atom is -0.507 e. The van der Waals surface area contributed by atoms with Crippen molar-refractivity contribution < 1.29 is 5.11 Å². The minimum absolute atomic E-state index is 0.187. The number of aliphatic imine (C=N–C) groups is 1. The molecule has 0 aliphatic rings. The first-order valence-corrected chi connectivity index (χ1v) is 8.81. The highest BCUT2D eigenvalue weighted by atomic mass is 79.9. The zero-order chi connectivity index (χ0) is 17.6. The van der Waals surface area contributed by atoms with E-state index in [0.717, 1.165) is 15.6 Å². The van der Waals surface area contributed by atoms with Crippen LogP contribution < -0.4 is 5.73 Å². The number of benzene rings is 3. The molecule has 0 fully saturated rings.